The molecule has 0 aliphatic carbocycles. The van der Waals surface area contributed by atoms with Gasteiger partial charge in [0.15, 0.2) is 0 Å². The SMILES string of the molecule is O=C(NCc1ccc(-c2cnc3nc2NCCCNS(=O)(=O)c2cccc(c2)N3)cc1)Nc1ccccc1. The lowest BCUT2D eigenvalue weighted by Crippen LogP contribution is -2.28. The summed E-state index contributed by atoms with van der Waals surface area (Å²) in [7, 11) is -3.61. The molecular formula is C27H27N7O3S. The molecule has 1 aromatic heterocycles. The van der Waals surface area contributed by atoms with Gasteiger partial charge in [0.25, 0.3) is 0 Å². The fraction of sp³-hybridized carbons (Fsp3) is 0.148. The fourth-order valence-corrected chi connectivity index (χ4v) is 5.04. The van der Waals surface area contributed by atoms with Crippen molar-refractivity contribution in [2.24, 2.45) is 0 Å². The first-order valence-corrected chi connectivity index (χ1v) is 13.6. The maximum atomic E-state index is 12.6. The molecule has 0 radical (unpaired) electrons. The van der Waals surface area contributed by atoms with Gasteiger partial charge in [-0.05, 0) is 47.9 Å². The fourth-order valence-electron chi connectivity index (χ4n) is 3.92. The van der Waals surface area contributed by atoms with Crippen molar-refractivity contribution in [1.82, 2.24) is 20.0 Å². The average molecular weight is 530 g/mol. The van der Waals surface area contributed by atoms with Crippen molar-refractivity contribution >= 4 is 39.2 Å². The zero-order chi connectivity index (χ0) is 26.4. The molecule has 0 saturated carbocycles. The summed E-state index contributed by atoms with van der Waals surface area (Å²) in [5, 5.41) is 12.1. The van der Waals surface area contributed by atoms with Crippen molar-refractivity contribution < 1.29 is 13.2 Å². The molecule has 4 aromatic rings. The largest absolute Gasteiger partial charge is 0.369 e. The van der Waals surface area contributed by atoms with Crippen LogP contribution in [0.2, 0.25) is 0 Å². The van der Waals surface area contributed by atoms with E-state index in [2.05, 4.69) is 36.0 Å². The van der Waals surface area contributed by atoms with Crippen LogP contribution in [0.5, 0.6) is 0 Å². The minimum absolute atomic E-state index is 0.179. The summed E-state index contributed by atoms with van der Waals surface area (Å²) in [6.07, 6.45) is 2.30. The molecule has 1 aliphatic rings. The Kier molecular flexibility index (Phi) is 7.47. The van der Waals surface area contributed by atoms with Gasteiger partial charge in [-0.3, -0.25) is 0 Å². The molecule has 2 heterocycles. The van der Waals surface area contributed by atoms with Gasteiger partial charge in [0.05, 0.1) is 4.90 Å². The van der Waals surface area contributed by atoms with Gasteiger partial charge >= 0.3 is 6.03 Å². The van der Waals surface area contributed by atoms with Crippen molar-refractivity contribution in [2.75, 3.05) is 29.0 Å². The van der Waals surface area contributed by atoms with Crippen LogP contribution in [0.1, 0.15) is 12.0 Å². The number of para-hydroxylation sites is 1. The van der Waals surface area contributed by atoms with Crippen LogP contribution in [-0.4, -0.2) is 37.5 Å². The molecule has 10 nitrogen and oxygen atoms in total. The van der Waals surface area contributed by atoms with E-state index in [9.17, 15) is 13.2 Å². The number of amides is 2. The van der Waals surface area contributed by atoms with Crippen LogP contribution in [0.3, 0.4) is 0 Å². The third kappa shape index (κ3) is 6.25. The van der Waals surface area contributed by atoms with Gasteiger partial charge in [0, 0.05) is 42.8 Å². The van der Waals surface area contributed by atoms with Gasteiger partial charge in [-0.1, -0.05) is 48.5 Å². The number of benzene rings is 3. The number of rotatable bonds is 4. The molecule has 2 amide bonds. The quantitative estimate of drug-likeness (QED) is 0.266. The van der Waals surface area contributed by atoms with Crippen LogP contribution in [0, 0.1) is 0 Å². The monoisotopic (exact) mass is 529 g/mol. The summed E-state index contributed by atoms with van der Waals surface area (Å²) in [5.74, 6) is 0.983. The van der Waals surface area contributed by atoms with E-state index >= 15 is 0 Å². The van der Waals surface area contributed by atoms with Gasteiger partial charge in [0.1, 0.15) is 5.82 Å². The lowest BCUT2D eigenvalue weighted by molar-refractivity contribution is 0.251. The Morgan fingerprint density at radius 1 is 0.947 bits per heavy atom. The smallest absolute Gasteiger partial charge is 0.319 e. The highest BCUT2D eigenvalue weighted by atomic mass is 32.2. The van der Waals surface area contributed by atoms with Gasteiger partial charge in [-0.2, -0.15) is 4.98 Å². The van der Waals surface area contributed by atoms with Gasteiger partial charge in [0.2, 0.25) is 16.0 Å². The Labute approximate surface area is 221 Å². The molecule has 5 rings (SSSR count). The van der Waals surface area contributed by atoms with E-state index in [4.69, 9.17) is 0 Å². The van der Waals surface area contributed by atoms with E-state index in [-0.39, 0.29) is 10.9 Å². The maximum Gasteiger partial charge on any atom is 0.319 e. The highest BCUT2D eigenvalue weighted by Gasteiger charge is 2.16. The molecule has 0 fully saturated rings. The molecule has 1 aliphatic heterocycles. The number of carbonyl (C=O) groups is 1. The van der Waals surface area contributed by atoms with Crippen LogP contribution in [0.4, 0.5) is 27.9 Å². The minimum Gasteiger partial charge on any atom is -0.369 e. The first-order valence-electron chi connectivity index (χ1n) is 12.1. The number of nitrogens with one attached hydrogen (secondary N) is 5. The lowest BCUT2D eigenvalue weighted by atomic mass is 10.1. The molecule has 38 heavy (non-hydrogen) atoms. The van der Waals surface area contributed by atoms with Crippen LogP contribution in [0.25, 0.3) is 11.1 Å². The number of hydrogen-bond acceptors (Lipinski definition) is 7. The Morgan fingerprint density at radius 2 is 1.76 bits per heavy atom. The third-order valence-corrected chi connectivity index (χ3v) is 7.34. The number of carbonyl (C=O) groups excluding carboxylic acids is 1. The first kappa shape index (κ1) is 25.2. The second kappa shape index (κ2) is 11.3. The number of anilines is 4. The number of hydrogen-bond donors (Lipinski definition) is 5. The maximum absolute atomic E-state index is 12.6. The van der Waals surface area contributed by atoms with Gasteiger partial charge in [-0.15, -0.1) is 0 Å². The molecular weight excluding hydrogens is 502 g/mol. The summed E-state index contributed by atoms with van der Waals surface area (Å²) in [4.78, 5) is 21.5. The van der Waals surface area contributed by atoms with Crippen LogP contribution in [0.15, 0.2) is 90.0 Å². The van der Waals surface area contributed by atoms with Gasteiger partial charge < -0.3 is 21.3 Å². The molecule has 4 bridgehead atoms. The highest BCUT2D eigenvalue weighted by Crippen LogP contribution is 2.28. The summed E-state index contributed by atoms with van der Waals surface area (Å²) in [6, 6.07) is 23.3. The Morgan fingerprint density at radius 3 is 2.58 bits per heavy atom. The van der Waals surface area contributed by atoms with E-state index < -0.39 is 10.0 Å². The van der Waals surface area contributed by atoms with Crippen molar-refractivity contribution in [3.63, 3.8) is 0 Å². The summed E-state index contributed by atoms with van der Waals surface area (Å²) < 4.78 is 27.8. The molecule has 0 spiro atoms. The summed E-state index contributed by atoms with van der Waals surface area (Å²) >= 11 is 0. The molecule has 5 N–H and O–H groups in total. The molecule has 0 atom stereocenters. The number of sulfonamides is 1. The second-order valence-corrected chi connectivity index (χ2v) is 10.4. The molecule has 0 saturated heterocycles. The van der Waals surface area contributed by atoms with Crippen LogP contribution >= 0.6 is 0 Å². The number of fused-ring (bicyclic) bond motifs is 4. The number of urea groups is 1. The van der Waals surface area contributed by atoms with E-state index in [0.717, 1.165) is 22.4 Å². The van der Waals surface area contributed by atoms with E-state index in [0.29, 0.717) is 43.5 Å². The lowest BCUT2D eigenvalue weighted by Gasteiger charge is -2.14. The number of aromatic nitrogens is 2. The molecule has 11 heteroatoms. The van der Waals surface area contributed by atoms with Crippen LogP contribution in [-0.2, 0) is 16.6 Å². The van der Waals surface area contributed by atoms with E-state index in [1.165, 1.54) is 0 Å². The normalized spacial score (nSPS) is 14.4. The molecule has 3 aromatic carbocycles. The number of nitrogens with zero attached hydrogens (tertiary/aromatic N) is 2. The standard InChI is InChI=1S/C27H27N7O3S/c35-27(33-21-6-2-1-3-7-21)30-17-19-10-12-20(13-11-19)24-18-29-26-32-22-8-4-9-23(16-22)38(36,37)31-15-5-14-28-25(24)34-26/h1-4,6-13,16,18,31H,5,14-15,17H2,(H2,30,33,35)(H2,28,29,32,34). The Hall–Kier alpha value is -4.48. The predicted octanol–water partition coefficient (Wildman–Crippen LogP) is 4.30. The zero-order valence-corrected chi connectivity index (χ0v) is 21.3. The van der Waals surface area contributed by atoms with Gasteiger partial charge in [-0.25, -0.2) is 22.9 Å². The summed E-state index contributed by atoms with van der Waals surface area (Å²) in [5.41, 5.74) is 3.95. The minimum atomic E-state index is -3.61. The highest BCUT2D eigenvalue weighted by molar-refractivity contribution is 7.89. The van der Waals surface area contributed by atoms with E-state index in [1.807, 2.05) is 54.6 Å². The average Bonchev–Trinajstić information content (AvgIpc) is 2.93. The van der Waals surface area contributed by atoms with Crippen LogP contribution < -0.4 is 26.0 Å². The Balaban J connectivity index is 1.31. The molecule has 0 unspecified atom stereocenters. The third-order valence-electron chi connectivity index (χ3n) is 5.88. The molecule has 194 valence electrons. The van der Waals surface area contributed by atoms with Crippen molar-refractivity contribution in [3.8, 4) is 11.1 Å². The van der Waals surface area contributed by atoms with Crippen molar-refractivity contribution in [2.45, 2.75) is 17.9 Å². The van der Waals surface area contributed by atoms with Crippen molar-refractivity contribution in [3.05, 3.63) is 90.6 Å². The predicted molar refractivity (Wildman–Crippen MR) is 148 cm³/mol. The topological polar surface area (TPSA) is 137 Å². The zero-order valence-electron chi connectivity index (χ0n) is 20.4. The van der Waals surface area contributed by atoms with E-state index in [1.54, 1.807) is 30.5 Å². The summed E-state index contributed by atoms with van der Waals surface area (Å²) in [6.45, 7) is 1.18. The van der Waals surface area contributed by atoms with Crippen molar-refractivity contribution in [1.29, 1.82) is 0 Å². The second-order valence-electron chi connectivity index (χ2n) is 8.66. The Bertz CT molecular complexity index is 1530. The first-order chi connectivity index (χ1) is 18.5.